The predicted molar refractivity (Wildman–Crippen MR) is 52.3 cm³/mol. The first kappa shape index (κ1) is 10.5. The number of carbonyl (C=O) groups excluding carboxylic acids is 1. The van der Waals surface area contributed by atoms with Gasteiger partial charge in [0.25, 0.3) is 0 Å². The highest BCUT2D eigenvalue weighted by atomic mass is 16.1. The van der Waals surface area contributed by atoms with Crippen molar-refractivity contribution in [3.05, 3.63) is 0 Å². The molecule has 4 N–H and O–H groups in total. The van der Waals surface area contributed by atoms with Crippen molar-refractivity contribution in [3.8, 4) is 0 Å². The predicted octanol–water partition coefficient (Wildman–Crippen LogP) is -0.549. The van der Waals surface area contributed by atoms with Crippen LogP contribution in [-0.4, -0.2) is 32.1 Å². The summed E-state index contributed by atoms with van der Waals surface area (Å²) in [6.07, 6.45) is 3.48. The van der Waals surface area contributed by atoms with E-state index in [0.717, 1.165) is 25.4 Å². The van der Waals surface area contributed by atoms with Crippen LogP contribution in [0, 0.1) is 5.92 Å². The van der Waals surface area contributed by atoms with Crippen LogP contribution in [0.25, 0.3) is 0 Å². The lowest BCUT2D eigenvalue weighted by Gasteiger charge is -2.04. The van der Waals surface area contributed by atoms with E-state index < -0.39 is 0 Å². The highest BCUT2D eigenvalue weighted by Crippen LogP contribution is 2.27. The molecule has 0 aromatic rings. The zero-order valence-corrected chi connectivity index (χ0v) is 8.01. The molecule has 1 fully saturated rings. The Bertz CT molecular complexity index is 157. The summed E-state index contributed by atoms with van der Waals surface area (Å²) in [5.74, 6) is 0.858. The smallest absolute Gasteiger partial charge is 0.233 e. The largest absolute Gasteiger partial charge is 0.355 e. The van der Waals surface area contributed by atoms with E-state index in [4.69, 9.17) is 5.73 Å². The van der Waals surface area contributed by atoms with Crippen molar-refractivity contribution in [2.75, 3.05) is 26.2 Å². The van der Waals surface area contributed by atoms with Crippen molar-refractivity contribution in [1.29, 1.82) is 0 Å². The van der Waals surface area contributed by atoms with E-state index in [1.54, 1.807) is 0 Å². The molecule has 0 aliphatic heterocycles. The Balaban J connectivity index is 1.84. The molecule has 13 heavy (non-hydrogen) atoms. The molecule has 1 saturated carbocycles. The van der Waals surface area contributed by atoms with Crippen molar-refractivity contribution < 1.29 is 4.79 Å². The van der Waals surface area contributed by atoms with Crippen LogP contribution in [0.3, 0.4) is 0 Å². The van der Waals surface area contributed by atoms with Crippen molar-refractivity contribution >= 4 is 5.91 Å². The third-order valence-electron chi connectivity index (χ3n) is 2.13. The highest BCUT2D eigenvalue weighted by Gasteiger charge is 2.21. The monoisotopic (exact) mass is 185 g/mol. The first-order chi connectivity index (χ1) is 6.33. The number of amides is 1. The van der Waals surface area contributed by atoms with Gasteiger partial charge < -0.3 is 16.4 Å². The van der Waals surface area contributed by atoms with E-state index in [-0.39, 0.29) is 5.91 Å². The summed E-state index contributed by atoms with van der Waals surface area (Å²) in [5.41, 5.74) is 5.31. The Morgan fingerprint density at radius 1 is 1.46 bits per heavy atom. The molecule has 0 heterocycles. The Hall–Kier alpha value is -0.610. The lowest BCUT2D eigenvalue weighted by molar-refractivity contribution is -0.120. The van der Waals surface area contributed by atoms with Crippen LogP contribution in [0.2, 0.25) is 0 Å². The maximum Gasteiger partial charge on any atom is 0.233 e. The molecule has 0 spiro atoms. The van der Waals surface area contributed by atoms with Crippen molar-refractivity contribution in [3.63, 3.8) is 0 Å². The summed E-state index contributed by atoms with van der Waals surface area (Å²) in [6.45, 7) is 2.79. The summed E-state index contributed by atoms with van der Waals surface area (Å²) in [6, 6.07) is 0. The fourth-order valence-electron chi connectivity index (χ4n) is 1.07. The number of nitrogens with two attached hydrogens (primary N) is 1. The second-order valence-corrected chi connectivity index (χ2v) is 3.57. The first-order valence-electron chi connectivity index (χ1n) is 5.00. The van der Waals surface area contributed by atoms with Crippen LogP contribution in [0.5, 0.6) is 0 Å². The van der Waals surface area contributed by atoms with Crippen molar-refractivity contribution in [1.82, 2.24) is 10.6 Å². The van der Waals surface area contributed by atoms with Gasteiger partial charge in [-0.3, -0.25) is 4.79 Å². The van der Waals surface area contributed by atoms with Crippen molar-refractivity contribution in [2.45, 2.75) is 19.3 Å². The van der Waals surface area contributed by atoms with Crippen molar-refractivity contribution in [2.24, 2.45) is 11.7 Å². The van der Waals surface area contributed by atoms with Gasteiger partial charge in [-0.25, -0.2) is 0 Å². The average molecular weight is 185 g/mol. The minimum Gasteiger partial charge on any atom is -0.355 e. The molecule has 1 aliphatic carbocycles. The highest BCUT2D eigenvalue weighted by molar-refractivity contribution is 5.77. The van der Waals surface area contributed by atoms with E-state index in [9.17, 15) is 4.79 Å². The molecule has 1 amide bonds. The number of nitrogens with one attached hydrogen (secondary N) is 2. The lowest BCUT2D eigenvalue weighted by Crippen LogP contribution is -2.35. The SMILES string of the molecule is NCCCNCC(=O)NCC1CC1. The molecule has 0 saturated heterocycles. The molecule has 4 nitrogen and oxygen atoms in total. The second kappa shape index (κ2) is 5.94. The average Bonchev–Trinajstić information content (AvgIpc) is 2.92. The zero-order chi connectivity index (χ0) is 9.52. The quantitative estimate of drug-likeness (QED) is 0.466. The maximum atomic E-state index is 11.1. The van der Waals surface area contributed by atoms with Crippen LogP contribution < -0.4 is 16.4 Å². The van der Waals surface area contributed by atoms with Crippen LogP contribution in [0.15, 0.2) is 0 Å². The molecular formula is C9H19N3O. The fourth-order valence-corrected chi connectivity index (χ4v) is 1.07. The first-order valence-corrected chi connectivity index (χ1v) is 5.00. The molecule has 1 rings (SSSR count). The molecule has 76 valence electrons. The number of carbonyl (C=O) groups is 1. The maximum absolute atomic E-state index is 11.1. The normalized spacial score (nSPS) is 15.8. The molecule has 4 heteroatoms. The van der Waals surface area contributed by atoms with E-state index in [1.165, 1.54) is 12.8 Å². The summed E-state index contributed by atoms with van der Waals surface area (Å²) in [5, 5.41) is 5.93. The third kappa shape index (κ3) is 5.60. The van der Waals surface area contributed by atoms with Gasteiger partial charge >= 0.3 is 0 Å². The van der Waals surface area contributed by atoms with Gasteiger partial charge in [0, 0.05) is 6.54 Å². The van der Waals surface area contributed by atoms with Crippen LogP contribution in [0.1, 0.15) is 19.3 Å². The Kier molecular flexibility index (Phi) is 4.78. The number of hydrogen-bond acceptors (Lipinski definition) is 3. The Labute approximate surface area is 79.3 Å². The lowest BCUT2D eigenvalue weighted by atomic mass is 10.4. The second-order valence-electron chi connectivity index (χ2n) is 3.57. The molecular weight excluding hydrogens is 166 g/mol. The number of rotatable bonds is 7. The summed E-state index contributed by atoms with van der Waals surface area (Å²) < 4.78 is 0. The molecule has 0 radical (unpaired) electrons. The topological polar surface area (TPSA) is 67.1 Å². The molecule has 0 aromatic carbocycles. The van der Waals surface area contributed by atoms with E-state index in [0.29, 0.717) is 13.1 Å². The molecule has 0 atom stereocenters. The van der Waals surface area contributed by atoms with E-state index >= 15 is 0 Å². The van der Waals surface area contributed by atoms with Gasteiger partial charge in [0.2, 0.25) is 5.91 Å². The van der Waals surface area contributed by atoms with Crippen LogP contribution >= 0.6 is 0 Å². The van der Waals surface area contributed by atoms with Gasteiger partial charge in [0.15, 0.2) is 0 Å². The minimum atomic E-state index is 0.101. The molecule has 0 unspecified atom stereocenters. The molecule has 0 bridgehead atoms. The van der Waals surface area contributed by atoms with Gasteiger partial charge in [0.05, 0.1) is 6.54 Å². The standard InChI is InChI=1S/C9H19N3O/c10-4-1-5-11-7-9(13)12-6-8-2-3-8/h8,11H,1-7,10H2,(H,12,13). The summed E-state index contributed by atoms with van der Waals surface area (Å²) in [7, 11) is 0. The number of hydrogen-bond donors (Lipinski definition) is 3. The summed E-state index contributed by atoms with van der Waals surface area (Å²) >= 11 is 0. The van der Waals surface area contributed by atoms with Crippen LogP contribution in [-0.2, 0) is 4.79 Å². The zero-order valence-electron chi connectivity index (χ0n) is 8.01. The van der Waals surface area contributed by atoms with Gasteiger partial charge in [-0.05, 0) is 38.3 Å². The Morgan fingerprint density at radius 2 is 2.23 bits per heavy atom. The summed E-state index contributed by atoms with van der Waals surface area (Å²) in [4.78, 5) is 11.1. The van der Waals surface area contributed by atoms with Gasteiger partial charge in [-0.15, -0.1) is 0 Å². The molecule has 0 aromatic heterocycles. The minimum absolute atomic E-state index is 0.101. The van der Waals surface area contributed by atoms with Gasteiger partial charge in [0.1, 0.15) is 0 Å². The van der Waals surface area contributed by atoms with E-state index in [1.807, 2.05) is 0 Å². The third-order valence-corrected chi connectivity index (χ3v) is 2.13. The van der Waals surface area contributed by atoms with Gasteiger partial charge in [-0.1, -0.05) is 0 Å². The van der Waals surface area contributed by atoms with Gasteiger partial charge in [-0.2, -0.15) is 0 Å². The van der Waals surface area contributed by atoms with E-state index in [2.05, 4.69) is 10.6 Å². The van der Waals surface area contributed by atoms with Crippen LogP contribution in [0.4, 0.5) is 0 Å². The molecule has 1 aliphatic rings. The Morgan fingerprint density at radius 3 is 2.85 bits per heavy atom. The fraction of sp³-hybridized carbons (Fsp3) is 0.889.